The van der Waals surface area contributed by atoms with E-state index in [1.165, 1.54) is 0 Å². The summed E-state index contributed by atoms with van der Waals surface area (Å²) in [5.74, 6) is -0.768. The van der Waals surface area contributed by atoms with E-state index in [9.17, 15) is 24.0 Å². The van der Waals surface area contributed by atoms with Gasteiger partial charge in [0.1, 0.15) is 11.6 Å². The number of benzene rings is 2. The number of imide groups is 1. The third-order valence-corrected chi connectivity index (χ3v) is 6.57. The zero-order valence-electron chi connectivity index (χ0n) is 27.1. The Labute approximate surface area is 265 Å². The summed E-state index contributed by atoms with van der Waals surface area (Å²) in [5, 5.41) is 10.9. The van der Waals surface area contributed by atoms with Crippen LogP contribution in [0.1, 0.15) is 88.4 Å². The zero-order valence-corrected chi connectivity index (χ0v) is 27.9. The van der Waals surface area contributed by atoms with Gasteiger partial charge in [0.25, 0.3) is 5.91 Å². The first kappa shape index (κ1) is 38.1. The van der Waals surface area contributed by atoms with Crippen molar-refractivity contribution in [3.05, 3.63) is 57.6 Å². The van der Waals surface area contributed by atoms with Crippen molar-refractivity contribution in [1.29, 1.82) is 0 Å². The number of carbonyl (C=O) groups is 5. The Balaban J connectivity index is 0.000000398. The first-order chi connectivity index (χ1) is 20.8. The molecule has 0 radical (unpaired) electrons. The number of nitrogens with one attached hydrogen (secondary N) is 4. The molecule has 11 nitrogen and oxygen atoms in total. The molecule has 5 amide bonds. The van der Waals surface area contributed by atoms with Gasteiger partial charge in [-0.15, -0.1) is 0 Å². The molecule has 1 unspecified atom stereocenters. The van der Waals surface area contributed by atoms with E-state index >= 15 is 0 Å². The SMILES string of the molecule is CC.CC.CNCc1ccc2c(c1)CN(C1CCC(=O)NC1=O)C2=O.Cc1c(Cl)cc(NC=O)cc1NC(=O)OC(C)(C)C. The molecule has 0 saturated carbocycles. The van der Waals surface area contributed by atoms with E-state index in [0.717, 1.165) is 17.7 Å². The highest BCUT2D eigenvalue weighted by Gasteiger charge is 2.39. The summed E-state index contributed by atoms with van der Waals surface area (Å²) in [7, 11) is 1.87. The van der Waals surface area contributed by atoms with Crippen LogP contribution in [0.2, 0.25) is 5.02 Å². The second-order valence-electron chi connectivity index (χ2n) is 10.4. The molecule has 2 aliphatic heterocycles. The van der Waals surface area contributed by atoms with Gasteiger partial charge in [-0.3, -0.25) is 29.8 Å². The van der Waals surface area contributed by atoms with E-state index in [4.69, 9.17) is 16.3 Å². The first-order valence-electron chi connectivity index (χ1n) is 14.7. The van der Waals surface area contributed by atoms with Gasteiger partial charge in [0.2, 0.25) is 18.2 Å². The summed E-state index contributed by atoms with van der Waals surface area (Å²) in [6.45, 7) is 16.3. The maximum atomic E-state index is 12.4. The quantitative estimate of drug-likeness (QED) is 0.233. The average Bonchev–Trinajstić information content (AvgIpc) is 3.28. The number of fused-ring (bicyclic) bond motifs is 1. The van der Waals surface area contributed by atoms with Gasteiger partial charge in [0.15, 0.2) is 0 Å². The normalized spacial score (nSPS) is 15.2. The molecule has 1 atom stereocenters. The van der Waals surface area contributed by atoms with Gasteiger partial charge in [-0.05, 0) is 76.1 Å². The van der Waals surface area contributed by atoms with E-state index in [1.807, 2.05) is 52.9 Å². The van der Waals surface area contributed by atoms with Gasteiger partial charge in [-0.1, -0.05) is 51.4 Å². The molecule has 2 aromatic rings. The molecule has 4 rings (SSSR count). The molecule has 1 fully saturated rings. The minimum atomic E-state index is -0.583. The largest absolute Gasteiger partial charge is 0.444 e. The van der Waals surface area contributed by atoms with Gasteiger partial charge in [-0.25, -0.2) is 4.79 Å². The Morgan fingerprint density at radius 3 is 2.34 bits per heavy atom. The number of ether oxygens (including phenoxy) is 1. The Morgan fingerprint density at radius 2 is 1.77 bits per heavy atom. The van der Waals surface area contributed by atoms with Crippen molar-refractivity contribution < 1.29 is 28.7 Å². The molecular weight excluding hydrogens is 586 g/mol. The van der Waals surface area contributed by atoms with Crippen molar-refractivity contribution in [3.8, 4) is 0 Å². The average molecular weight is 632 g/mol. The topological polar surface area (TPSA) is 146 Å². The standard InChI is InChI=1S/C15H17N3O3.C13H17ClN2O3.2C2H6/c1-16-7-9-2-3-11-10(6-9)8-18(15(11)21)12-4-5-13(19)17-14(12)20;1-8-10(14)5-9(15-7-17)6-11(8)16-12(18)19-13(2,3)4;2*1-2/h2-3,6,12,16H,4-5,7-8H2,1H3,(H,17,19,20);5-7H,1-4H3,(H,15,17)(H,16,18);2*1-2H3. The van der Waals surface area contributed by atoms with E-state index in [2.05, 4.69) is 21.3 Å². The molecule has 12 heteroatoms. The number of nitrogens with zero attached hydrogens (tertiary/aromatic N) is 1. The molecule has 4 N–H and O–H groups in total. The van der Waals surface area contributed by atoms with Crippen LogP contribution in [0.15, 0.2) is 30.3 Å². The van der Waals surface area contributed by atoms with Crippen LogP contribution in [0.25, 0.3) is 0 Å². The predicted molar refractivity (Wildman–Crippen MR) is 174 cm³/mol. The Hall–Kier alpha value is -3.96. The van der Waals surface area contributed by atoms with Gasteiger partial charge in [-0.2, -0.15) is 0 Å². The Morgan fingerprint density at radius 1 is 1.11 bits per heavy atom. The highest BCUT2D eigenvalue weighted by Crippen LogP contribution is 2.29. The lowest BCUT2D eigenvalue weighted by Gasteiger charge is -2.29. The van der Waals surface area contributed by atoms with Gasteiger partial charge >= 0.3 is 6.09 Å². The second kappa shape index (κ2) is 18.0. The monoisotopic (exact) mass is 631 g/mol. The highest BCUT2D eigenvalue weighted by atomic mass is 35.5. The van der Waals surface area contributed by atoms with Crippen molar-refractivity contribution in [3.63, 3.8) is 0 Å². The van der Waals surface area contributed by atoms with Crippen molar-refractivity contribution in [2.75, 3.05) is 17.7 Å². The summed E-state index contributed by atoms with van der Waals surface area (Å²) in [6, 6.07) is 8.40. The molecule has 0 aliphatic carbocycles. The van der Waals surface area contributed by atoms with Crippen LogP contribution in [0.3, 0.4) is 0 Å². The van der Waals surface area contributed by atoms with E-state index in [-0.39, 0.29) is 24.1 Å². The molecule has 0 bridgehead atoms. The fourth-order valence-corrected chi connectivity index (χ4v) is 4.53. The lowest BCUT2D eigenvalue weighted by Crippen LogP contribution is -2.52. The maximum Gasteiger partial charge on any atom is 0.412 e. The number of rotatable bonds is 6. The fourth-order valence-electron chi connectivity index (χ4n) is 4.32. The summed E-state index contributed by atoms with van der Waals surface area (Å²) in [6.07, 6.45) is 0.642. The smallest absolute Gasteiger partial charge is 0.412 e. The van der Waals surface area contributed by atoms with Crippen molar-refractivity contribution in [2.45, 2.75) is 93.0 Å². The molecule has 44 heavy (non-hydrogen) atoms. The third-order valence-electron chi connectivity index (χ3n) is 6.17. The van der Waals surface area contributed by atoms with Crippen LogP contribution < -0.4 is 21.3 Å². The molecule has 0 aromatic heterocycles. The number of amides is 5. The summed E-state index contributed by atoms with van der Waals surface area (Å²) >= 11 is 6.02. The van der Waals surface area contributed by atoms with E-state index in [1.54, 1.807) is 44.7 Å². The van der Waals surface area contributed by atoms with Crippen molar-refractivity contribution in [2.24, 2.45) is 0 Å². The first-order valence-corrected chi connectivity index (χ1v) is 15.1. The molecule has 0 spiro atoms. The molecular formula is C32H46ClN5O6. The number of anilines is 2. The van der Waals surface area contributed by atoms with Crippen LogP contribution >= 0.6 is 11.6 Å². The van der Waals surface area contributed by atoms with Gasteiger partial charge < -0.3 is 20.3 Å². The summed E-state index contributed by atoms with van der Waals surface area (Å²) in [4.78, 5) is 59.3. The lowest BCUT2D eigenvalue weighted by atomic mass is 10.0. The highest BCUT2D eigenvalue weighted by molar-refractivity contribution is 6.32. The van der Waals surface area contributed by atoms with E-state index < -0.39 is 17.7 Å². The van der Waals surface area contributed by atoms with Crippen LogP contribution in [0.5, 0.6) is 0 Å². The lowest BCUT2D eigenvalue weighted by molar-refractivity contribution is -0.136. The molecule has 2 heterocycles. The predicted octanol–water partition coefficient (Wildman–Crippen LogP) is 5.78. The molecule has 242 valence electrons. The van der Waals surface area contributed by atoms with Gasteiger partial charge in [0, 0.05) is 35.8 Å². The number of halogens is 1. The number of hydrogen-bond donors (Lipinski definition) is 4. The minimum Gasteiger partial charge on any atom is -0.444 e. The maximum absolute atomic E-state index is 12.4. The van der Waals surface area contributed by atoms with Crippen molar-refractivity contribution >= 4 is 53.2 Å². The summed E-state index contributed by atoms with van der Waals surface area (Å²) < 4.78 is 5.15. The van der Waals surface area contributed by atoms with Crippen LogP contribution in [-0.2, 0) is 32.2 Å². The van der Waals surface area contributed by atoms with Crippen LogP contribution in [0, 0.1) is 6.92 Å². The molecule has 2 aromatic carbocycles. The second-order valence-corrected chi connectivity index (χ2v) is 10.8. The van der Waals surface area contributed by atoms with Crippen molar-refractivity contribution in [1.82, 2.24) is 15.5 Å². The van der Waals surface area contributed by atoms with Crippen LogP contribution in [-0.4, -0.2) is 53.8 Å². The van der Waals surface area contributed by atoms with E-state index in [0.29, 0.717) is 46.9 Å². The van der Waals surface area contributed by atoms with Crippen LogP contribution in [0.4, 0.5) is 16.2 Å². The number of piperidine rings is 1. The van der Waals surface area contributed by atoms with Gasteiger partial charge in [0.05, 0.1) is 5.69 Å². The zero-order chi connectivity index (χ0) is 33.6. The molecule has 2 aliphatic rings. The summed E-state index contributed by atoms with van der Waals surface area (Å²) in [5.41, 5.74) is 3.80. The Bertz CT molecular complexity index is 1320. The Kier molecular flexibility index (Phi) is 15.6. The third kappa shape index (κ3) is 10.9. The fraction of sp³-hybridized carbons (Fsp3) is 0.469. The molecule has 1 saturated heterocycles. The minimum absolute atomic E-state index is 0.129. The number of carbonyl (C=O) groups excluding carboxylic acids is 5. The number of hydrogen-bond acceptors (Lipinski definition) is 7.